The molecule has 14 heavy (non-hydrogen) atoms. The van der Waals surface area contributed by atoms with Crippen molar-refractivity contribution in [2.75, 3.05) is 0 Å². The van der Waals surface area contributed by atoms with Gasteiger partial charge in [0.1, 0.15) is 12.2 Å². The number of hydrogen-bond donors (Lipinski definition) is 1. The molecule has 0 saturated carbocycles. The lowest BCUT2D eigenvalue weighted by atomic mass is 10.1. The van der Waals surface area contributed by atoms with Crippen molar-refractivity contribution >= 4 is 11.8 Å². The van der Waals surface area contributed by atoms with Gasteiger partial charge in [-0.15, -0.1) is 0 Å². The maximum atomic E-state index is 11.0. The van der Waals surface area contributed by atoms with Crippen LogP contribution in [-0.2, 0) is 16.0 Å². The minimum absolute atomic E-state index is 0.221. The van der Waals surface area contributed by atoms with E-state index in [1.165, 1.54) is 0 Å². The summed E-state index contributed by atoms with van der Waals surface area (Å²) >= 11 is 0. The van der Waals surface area contributed by atoms with Gasteiger partial charge >= 0.3 is 5.97 Å². The number of carboxylic acid groups (broad SMARTS) is 1. The topological polar surface area (TPSA) is 54.4 Å². The number of hydrogen-bond acceptors (Lipinski definition) is 2. The molecule has 0 amide bonds. The molecule has 1 rings (SSSR count). The fourth-order valence-electron chi connectivity index (χ4n) is 1.19. The highest BCUT2D eigenvalue weighted by Gasteiger charge is 2.07. The van der Waals surface area contributed by atoms with Crippen LogP contribution < -0.4 is 0 Å². The lowest BCUT2D eigenvalue weighted by Crippen LogP contribution is -2.07. The molecule has 0 atom stereocenters. The minimum Gasteiger partial charge on any atom is -0.481 e. The first-order chi connectivity index (χ1) is 6.68. The van der Waals surface area contributed by atoms with Crippen molar-refractivity contribution in [1.82, 2.24) is 0 Å². The van der Waals surface area contributed by atoms with Gasteiger partial charge in [-0.05, 0) is 12.0 Å². The van der Waals surface area contributed by atoms with Gasteiger partial charge in [0.25, 0.3) is 0 Å². The summed E-state index contributed by atoms with van der Waals surface area (Å²) in [4.78, 5) is 21.2. The molecule has 0 fully saturated rings. The molecule has 3 nitrogen and oxygen atoms in total. The second kappa shape index (κ2) is 5.17. The van der Waals surface area contributed by atoms with Gasteiger partial charge in [-0.1, -0.05) is 30.3 Å². The van der Waals surface area contributed by atoms with Crippen molar-refractivity contribution in [1.29, 1.82) is 0 Å². The van der Waals surface area contributed by atoms with E-state index in [-0.39, 0.29) is 12.2 Å². The van der Waals surface area contributed by atoms with Gasteiger partial charge in [-0.25, -0.2) is 0 Å². The molecular formula is C11H12O3. The summed E-state index contributed by atoms with van der Waals surface area (Å²) in [6.07, 6.45) is 0.552. The zero-order valence-electron chi connectivity index (χ0n) is 7.77. The third-order valence-corrected chi connectivity index (χ3v) is 1.88. The largest absolute Gasteiger partial charge is 0.481 e. The number of carboxylic acids is 1. The lowest BCUT2D eigenvalue weighted by molar-refractivity contribution is -0.140. The quantitative estimate of drug-likeness (QED) is 0.722. The Balaban J connectivity index is 2.34. The monoisotopic (exact) mass is 192 g/mol. The molecule has 0 aliphatic heterocycles. The molecule has 0 radical (unpaired) electrons. The first-order valence-corrected chi connectivity index (χ1v) is 4.46. The Hall–Kier alpha value is -1.64. The molecule has 1 N–H and O–H groups in total. The molecule has 0 aliphatic carbocycles. The van der Waals surface area contributed by atoms with Crippen LogP contribution in [-0.4, -0.2) is 16.9 Å². The van der Waals surface area contributed by atoms with E-state index in [4.69, 9.17) is 5.11 Å². The fourth-order valence-corrected chi connectivity index (χ4v) is 1.19. The smallest absolute Gasteiger partial charge is 0.310 e. The van der Waals surface area contributed by atoms with Crippen molar-refractivity contribution in [2.45, 2.75) is 19.3 Å². The van der Waals surface area contributed by atoms with Crippen molar-refractivity contribution in [2.24, 2.45) is 0 Å². The second-order valence-corrected chi connectivity index (χ2v) is 3.09. The zero-order chi connectivity index (χ0) is 10.4. The van der Waals surface area contributed by atoms with E-state index in [2.05, 4.69) is 0 Å². The van der Waals surface area contributed by atoms with E-state index in [0.29, 0.717) is 12.8 Å². The summed E-state index contributed by atoms with van der Waals surface area (Å²) < 4.78 is 0. The lowest BCUT2D eigenvalue weighted by Gasteiger charge is -1.98. The number of aliphatic carboxylic acids is 1. The number of carbonyl (C=O) groups excluding carboxylic acids is 1. The van der Waals surface area contributed by atoms with Crippen LogP contribution in [0.5, 0.6) is 0 Å². The van der Waals surface area contributed by atoms with E-state index in [1.54, 1.807) is 0 Å². The van der Waals surface area contributed by atoms with Gasteiger partial charge in [0.15, 0.2) is 0 Å². The van der Waals surface area contributed by atoms with Crippen LogP contribution in [0.2, 0.25) is 0 Å². The van der Waals surface area contributed by atoms with Gasteiger partial charge in [0, 0.05) is 6.42 Å². The van der Waals surface area contributed by atoms with Crippen LogP contribution in [0.3, 0.4) is 0 Å². The third-order valence-electron chi connectivity index (χ3n) is 1.88. The molecule has 74 valence electrons. The third kappa shape index (κ3) is 3.85. The Morgan fingerprint density at radius 1 is 1.14 bits per heavy atom. The predicted molar refractivity (Wildman–Crippen MR) is 52.0 cm³/mol. The van der Waals surface area contributed by atoms with Gasteiger partial charge < -0.3 is 5.11 Å². The average molecular weight is 192 g/mol. The maximum Gasteiger partial charge on any atom is 0.310 e. The van der Waals surface area contributed by atoms with Crippen LogP contribution in [0, 0.1) is 0 Å². The highest BCUT2D eigenvalue weighted by Crippen LogP contribution is 2.03. The number of ketones is 1. The standard InChI is InChI=1S/C11H12O3/c12-10(8-11(13)14)7-6-9-4-2-1-3-5-9/h1-5H,6-8H2,(H,13,14). The number of rotatable bonds is 5. The van der Waals surface area contributed by atoms with Crippen LogP contribution >= 0.6 is 0 Å². The first-order valence-electron chi connectivity index (χ1n) is 4.46. The Labute approximate surface area is 82.4 Å². The molecule has 0 unspecified atom stereocenters. The fraction of sp³-hybridized carbons (Fsp3) is 0.273. The zero-order valence-corrected chi connectivity index (χ0v) is 7.77. The number of Topliss-reactive ketones (excluding diaryl/α,β-unsaturated/α-hetero) is 1. The van der Waals surface area contributed by atoms with Gasteiger partial charge in [-0.3, -0.25) is 9.59 Å². The van der Waals surface area contributed by atoms with Gasteiger partial charge in [-0.2, -0.15) is 0 Å². The van der Waals surface area contributed by atoms with E-state index < -0.39 is 5.97 Å². The van der Waals surface area contributed by atoms with E-state index in [1.807, 2.05) is 30.3 Å². The molecular weight excluding hydrogens is 180 g/mol. The Kier molecular flexibility index (Phi) is 3.85. The summed E-state index contributed by atoms with van der Waals surface area (Å²) in [6.45, 7) is 0. The van der Waals surface area contributed by atoms with Crippen molar-refractivity contribution in [3.05, 3.63) is 35.9 Å². The summed E-state index contributed by atoms with van der Waals surface area (Å²) in [7, 11) is 0. The van der Waals surface area contributed by atoms with E-state index in [0.717, 1.165) is 5.56 Å². The molecule has 1 aromatic rings. The van der Waals surface area contributed by atoms with E-state index in [9.17, 15) is 9.59 Å². The van der Waals surface area contributed by atoms with Crippen molar-refractivity contribution in [3.63, 3.8) is 0 Å². The molecule has 0 heterocycles. The highest BCUT2D eigenvalue weighted by atomic mass is 16.4. The van der Waals surface area contributed by atoms with Crippen LogP contribution in [0.1, 0.15) is 18.4 Å². The molecule has 1 aromatic carbocycles. The predicted octanol–water partition coefficient (Wildman–Crippen LogP) is 1.66. The summed E-state index contributed by atoms with van der Waals surface area (Å²) in [5.74, 6) is -1.27. The molecule has 0 aromatic heterocycles. The van der Waals surface area contributed by atoms with Gasteiger partial charge in [0.05, 0.1) is 0 Å². The minimum atomic E-state index is -1.05. The molecule has 0 bridgehead atoms. The molecule has 0 saturated heterocycles. The number of aryl methyl sites for hydroxylation is 1. The highest BCUT2D eigenvalue weighted by molar-refractivity contribution is 5.94. The Morgan fingerprint density at radius 2 is 1.79 bits per heavy atom. The molecule has 0 aliphatic rings. The Bertz CT molecular complexity index is 317. The number of benzene rings is 1. The molecule has 0 spiro atoms. The number of carbonyl (C=O) groups is 2. The molecule has 3 heteroatoms. The average Bonchev–Trinajstić information content (AvgIpc) is 2.15. The second-order valence-electron chi connectivity index (χ2n) is 3.09. The Morgan fingerprint density at radius 3 is 2.36 bits per heavy atom. The first kappa shape index (κ1) is 10.4. The summed E-state index contributed by atoms with van der Waals surface area (Å²) in [6, 6.07) is 9.55. The van der Waals surface area contributed by atoms with Crippen LogP contribution in [0.25, 0.3) is 0 Å². The SMILES string of the molecule is O=C(O)CC(=O)CCc1ccccc1. The van der Waals surface area contributed by atoms with Crippen LogP contribution in [0.15, 0.2) is 30.3 Å². The van der Waals surface area contributed by atoms with E-state index >= 15 is 0 Å². The van der Waals surface area contributed by atoms with Crippen LogP contribution in [0.4, 0.5) is 0 Å². The van der Waals surface area contributed by atoms with Crippen molar-refractivity contribution in [3.8, 4) is 0 Å². The summed E-state index contributed by atoms with van der Waals surface area (Å²) in [5, 5.41) is 8.36. The normalized spacial score (nSPS) is 9.71. The maximum absolute atomic E-state index is 11.0. The van der Waals surface area contributed by atoms with Gasteiger partial charge in [0.2, 0.25) is 0 Å². The van der Waals surface area contributed by atoms with Crippen molar-refractivity contribution < 1.29 is 14.7 Å². The summed E-state index contributed by atoms with van der Waals surface area (Å²) in [5.41, 5.74) is 1.06.